The van der Waals surface area contributed by atoms with Crippen LogP contribution in [0.25, 0.3) is 11.1 Å². The van der Waals surface area contributed by atoms with Gasteiger partial charge in [-0.1, -0.05) is 24.3 Å². The standard InChI is InChI=1S/C23H27NO4S/c1-22(2,21(25)26)29-19-10-13-24-15-18(19)16-6-8-17(9-7-16)23(11-12-23)28-20-5-3-4-14-27-20/h6-10,13,15,20H,3-5,11-12,14H2,1-2H3,(H,25,26). The maximum Gasteiger partial charge on any atom is 0.319 e. The SMILES string of the molecule is CC(C)(Sc1ccncc1-c1ccc(C2(OC3CCCCO3)CC2)cc1)C(=O)O. The predicted octanol–water partition coefficient (Wildman–Crippen LogP) is 5.24. The van der Waals surface area contributed by atoms with Crippen LogP contribution < -0.4 is 0 Å². The molecule has 1 saturated heterocycles. The molecule has 0 radical (unpaired) electrons. The van der Waals surface area contributed by atoms with Gasteiger partial charge in [-0.25, -0.2) is 0 Å². The lowest BCUT2D eigenvalue weighted by atomic mass is 10.0. The number of carbonyl (C=O) groups is 1. The molecule has 1 atom stereocenters. The molecule has 1 aromatic heterocycles. The van der Waals surface area contributed by atoms with Crippen LogP contribution in [0.3, 0.4) is 0 Å². The minimum atomic E-state index is -0.915. The number of aliphatic carboxylic acids is 1. The van der Waals surface area contributed by atoms with Gasteiger partial charge in [0.15, 0.2) is 6.29 Å². The van der Waals surface area contributed by atoms with Gasteiger partial charge in [-0.2, -0.15) is 0 Å². The van der Waals surface area contributed by atoms with Crippen molar-refractivity contribution in [3.8, 4) is 11.1 Å². The molecule has 6 heteroatoms. The highest BCUT2D eigenvalue weighted by Gasteiger charge is 2.47. The minimum Gasteiger partial charge on any atom is -0.480 e. The van der Waals surface area contributed by atoms with Crippen molar-refractivity contribution < 1.29 is 19.4 Å². The summed E-state index contributed by atoms with van der Waals surface area (Å²) in [6.45, 7) is 4.22. The average molecular weight is 414 g/mol. The molecule has 154 valence electrons. The van der Waals surface area contributed by atoms with Gasteiger partial charge in [-0.15, -0.1) is 11.8 Å². The van der Waals surface area contributed by atoms with Crippen molar-refractivity contribution >= 4 is 17.7 Å². The number of benzene rings is 1. The Bertz CT molecular complexity index is 871. The molecule has 0 amide bonds. The van der Waals surface area contributed by atoms with Crippen LogP contribution in [0.2, 0.25) is 0 Å². The summed E-state index contributed by atoms with van der Waals surface area (Å²) in [5.41, 5.74) is 2.94. The van der Waals surface area contributed by atoms with E-state index in [2.05, 4.69) is 29.2 Å². The molecule has 1 unspecified atom stereocenters. The van der Waals surface area contributed by atoms with Gasteiger partial charge in [0.25, 0.3) is 0 Å². The number of hydrogen-bond donors (Lipinski definition) is 1. The maximum atomic E-state index is 11.5. The summed E-state index contributed by atoms with van der Waals surface area (Å²) in [7, 11) is 0. The lowest BCUT2D eigenvalue weighted by Gasteiger charge is -2.28. The molecule has 2 aromatic rings. The van der Waals surface area contributed by atoms with E-state index in [9.17, 15) is 9.90 Å². The summed E-state index contributed by atoms with van der Waals surface area (Å²) in [5, 5.41) is 9.47. The van der Waals surface area contributed by atoms with Crippen LogP contribution in [-0.4, -0.2) is 33.7 Å². The fraction of sp³-hybridized carbons (Fsp3) is 0.478. The third-order valence-electron chi connectivity index (χ3n) is 5.58. The zero-order valence-corrected chi connectivity index (χ0v) is 17.7. The van der Waals surface area contributed by atoms with Crippen LogP contribution in [0.1, 0.15) is 51.5 Å². The molecular formula is C23H27NO4S. The summed E-state index contributed by atoms with van der Waals surface area (Å²) in [6, 6.07) is 10.3. The van der Waals surface area contributed by atoms with E-state index < -0.39 is 10.7 Å². The first-order valence-electron chi connectivity index (χ1n) is 10.2. The van der Waals surface area contributed by atoms with Gasteiger partial charge < -0.3 is 14.6 Å². The highest BCUT2D eigenvalue weighted by molar-refractivity contribution is 8.01. The monoisotopic (exact) mass is 413 g/mol. The van der Waals surface area contributed by atoms with Gasteiger partial charge >= 0.3 is 5.97 Å². The van der Waals surface area contributed by atoms with E-state index in [1.54, 1.807) is 26.2 Å². The zero-order valence-electron chi connectivity index (χ0n) is 16.9. The topological polar surface area (TPSA) is 68.7 Å². The molecule has 1 aliphatic heterocycles. The number of rotatable bonds is 7. The molecule has 2 fully saturated rings. The van der Waals surface area contributed by atoms with E-state index in [1.807, 2.05) is 6.07 Å². The molecule has 1 saturated carbocycles. The number of pyridine rings is 1. The average Bonchev–Trinajstić information content (AvgIpc) is 3.49. The highest BCUT2D eigenvalue weighted by Crippen LogP contribution is 2.51. The smallest absolute Gasteiger partial charge is 0.319 e. The van der Waals surface area contributed by atoms with Crippen LogP contribution in [0.5, 0.6) is 0 Å². The third-order valence-corrected chi connectivity index (χ3v) is 6.84. The van der Waals surface area contributed by atoms with Gasteiger partial charge in [0.2, 0.25) is 0 Å². The number of carboxylic acids is 1. The Balaban J connectivity index is 1.54. The van der Waals surface area contributed by atoms with Crippen molar-refractivity contribution in [2.75, 3.05) is 6.61 Å². The van der Waals surface area contributed by atoms with Crippen LogP contribution in [-0.2, 0) is 19.9 Å². The lowest BCUT2D eigenvalue weighted by Crippen LogP contribution is -2.27. The first-order valence-corrected chi connectivity index (χ1v) is 11.0. The fourth-order valence-corrected chi connectivity index (χ4v) is 4.65. The molecule has 0 bridgehead atoms. The second kappa shape index (κ2) is 8.09. The van der Waals surface area contributed by atoms with E-state index >= 15 is 0 Å². The Labute approximate surface area is 175 Å². The van der Waals surface area contributed by atoms with Crippen molar-refractivity contribution in [3.05, 3.63) is 48.3 Å². The van der Waals surface area contributed by atoms with Gasteiger partial charge in [0.1, 0.15) is 4.75 Å². The minimum absolute atomic E-state index is 0.0921. The van der Waals surface area contributed by atoms with Crippen LogP contribution in [0, 0.1) is 0 Å². The van der Waals surface area contributed by atoms with E-state index in [4.69, 9.17) is 9.47 Å². The molecule has 1 aliphatic carbocycles. The van der Waals surface area contributed by atoms with Gasteiger partial charge in [0.05, 0.1) is 5.60 Å². The Hall–Kier alpha value is -1.89. The molecule has 29 heavy (non-hydrogen) atoms. The van der Waals surface area contributed by atoms with Crippen molar-refractivity contribution in [1.29, 1.82) is 0 Å². The lowest BCUT2D eigenvalue weighted by molar-refractivity contribution is -0.199. The fourth-order valence-electron chi connectivity index (χ4n) is 3.60. The number of ether oxygens (including phenoxy) is 2. The number of hydrogen-bond acceptors (Lipinski definition) is 5. The summed E-state index contributed by atoms with van der Waals surface area (Å²) in [4.78, 5) is 16.7. The first-order chi connectivity index (χ1) is 13.9. The number of thioether (sulfide) groups is 1. The van der Waals surface area contributed by atoms with Crippen LogP contribution in [0.15, 0.2) is 47.6 Å². The van der Waals surface area contributed by atoms with Crippen molar-refractivity contribution in [2.24, 2.45) is 0 Å². The normalized spacial score (nSPS) is 21.0. The number of nitrogens with zero attached hydrogens (tertiary/aromatic N) is 1. The van der Waals surface area contributed by atoms with Crippen molar-refractivity contribution in [1.82, 2.24) is 4.98 Å². The Kier molecular flexibility index (Phi) is 5.69. The summed E-state index contributed by atoms with van der Waals surface area (Å²) >= 11 is 1.34. The number of carboxylic acid groups (broad SMARTS) is 1. The van der Waals surface area contributed by atoms with Gasteiger partial charge in [-0.05, 0) is 63.1 Å². The van der Waals surface area contributed by atoms with Crippen molar-refractivity contribution in [3.63, 3.8) is 0 Å². The summed E-state index contributed by atoms with van der Waals surface area (Å²) in [6.07, 6.45) is 8.70. The van der Waals surface area contributed by atoms with E-state index in [0.717, 1.165) is 54.7 Å². The first kappa shape index (κ1) is 20.4. The van der Waals surface area contributed by atoms with E-state index in [0.29, 0.717) is 0 Å². The molecule has 1 aromatic carbocycles. The molecule has 0 spiro atoms. The van der Waals surface area contributed by atoms with Crippen molar-refractivity contribution in [2.45, 2.75) is 67.5 Å². The van der Waals surface area contributed by atoms with Crippen LogP contribution in [0.4, 0.5) is 0 Å². The zero-order chi connectivity index (χ0) is 20.5. The van der Waals surface area contributed by atoms with Gasteiger partial charge in [0, 0.05) is 29.5 Å². The molecule has 5 nitrogen and oxygen atoms in total. The molecule has 4 rings (SSSR count). The molecule has 2 heterocycles. The maximum absolute atomic E-state index is 11.5. The predicted molar refractivity (Wildman–Crippen MR) is 113 cm³/mol. The highest BCUT2D eigenvalue weighted by atomic mass is 32.2. The Morgan fingerprint density at radius 3 is 2.62 bits per heavy atom. The summed E-state index contributed by atoms with van der Waals surface area (Å²) < 4.78 is 11.2. The molecular weight excluding hydrogens is 386 g/mol. The quantitative estimate of drug-likeness (QED) is 0.627. The summed E-state index contributed by atoms with van der Waals surface area (Å²) in [5.74, 6) is -0.835. The second-order valence-electron chi connectivity index (χ2n) is 8.27. The largest absolute Gasteiger partial charge is 0.480 e. The van der Waals surface area contributed by atoms with E-state index in [1.165, 1.54) is 17.3 Å². The third kappa shape index (κ3) is 4.49. The van der Waals surface area contributed by atoms with Crippen LogP contribution >= 0.6 is 11.8 Å². The Morgan fingerprint density at radius 1 is 1.24 bits per heavy atom. The van der Waals surface area contributed by atoms with Gasteiger partial charge in [-0.3, -0.25) is 9.78 Å². The second-order valence-corrected chi connectivity index (χ2v) is 9.94. The molecule has 2 aliphatic rings. The number of aromatic nitrogens is 1. The molecule has 1 N–H and O–H groups in total. The van der Waals surface area contributed by atoms with E-state index in [-0.39, 0.29) is 11.9 Å². The Morgan fingerprint density at radius 2 is 2.00 bits per heavy atom.